The van der Waals surface area contributed by atoms with Gasteiger partial charge in [0.25, 0.3) is 0 Å². The number of hydrogen-bond acceptors (Lipinski definition) is 4. The van der Waals surface area contributed by atoms with Crippen LogP contribution in [0, 0.1) is 0 Å². The largest absolute Gasteiger partial charge is 0.463 e. The molecule has 0 N–H and O–H groups in total. The zero-order valence-electron chi connectivity index (χ0n) is 8.19. The van der Waals surface area contributed by atoms with E-state index in [-0.39, 0.29) is 6.61 Å². The minimum absolute atomic E-state index is 0.132. The Labute approximate surface area is 83.2 Å². The van der Waals surface area contributed by atoms with Crippen LogP contribution in [-0.4, -0.2) is 25.2 Å². The quantitative estimate of drug-likeness (QED) is 0.366. The predicted molar refractivity (Wildman–Crippen MR) is 51.5 cm³/mol. The number of carbonyl (C=O) groups excluding carboxylic acids is 2. The molecule has 0 aliphatic carbocycles. The van der Waals surface area contributed by atoms with Crippen molar-refractivity contribution in [2.24, 2.45) is 0 Å². The van der Waals surface area contributed by atoms with Gasteiger partial charge in [-0.05, 0) is 6.42 Å². The van der Waals surface area contributed by atoms with Gasteiger partial charge in [0.05, 0.1) is 6.61 Å². The van der Waals surface area contributed by atoms with Crippen LogP contribution in [0.15, 0.2) is 24.8 Å². The molecule has 0 radical (unpaired) electrons. The SMILES string of the molecule is C=CCOC(=O)/C=C/C(=O)OCCC. The van der Waals surface area contributed by atoms with Crippen LogP contribution in [0.25, 0.3) is 0 Å². The highest BCUT2D eigenvalue weighted by molar-refractivity contribution is 5.91. The van der Waals surface area contributed by atoms with Gasteiger partial charge >= 0.3 is 11.9 Å². The van der Waals surface area contributed by atoms with Crippen molar-refractivity contribution in [1.29, 1.82) is 0 Å². The molecule has 0 heterocycles. The summed E-state index contributed by atoms with van der Waals surface area (Å²) in [5, 5.41) is 0. The lowest BCUT2D eigenvalue weighted by Gasteiger charge is -1.97. The van der Waals surface area contributed by atoms with Crippen LogP contribution in [-0.2, 0) is 19.1 Å². The van der Waals surface area contributed by atoms with Crippen LogP contribution in [0.4, 0.5) is 0 Å². The second-order valence-corrected chi connectivity index (χ2v) is 2.42. The molecule has 0 fully saturated rings. The fourth-order valence-electron chi connectivity index (χ4n) is 0.576. The summed E-state index contributed by atoms with van der Waals surface area (Å²) in [6, 6.07) is 0. The van der Waals surface area contributed by atoms with Gasteiger partial charge in [0, 0.05) is 12.2 Å². The zero-order valence-corrected chi connectivity index (χ0v) is 8.19. The van der Waals surface area contributed by atoms with Crippen LogP contribution >= 0.6 is 0 Å². The molecule has 0 rings (SSSR count). The molecular weight excluding hydrogens is 184 g/mol. The van der Waals surface area contributed by atoms with E-state index in [1.165, 1.54) is 6.08 Å². The fourth-order valence-corrected chi connectivity index (χ4v) is 0.576. The minimum Gasteiger partial charge on any atom is -0.463 e. The van der Waals surface area contributed by atoms with Crippen molar-refractivity contribution in [2.45, 2.75) is 13.3 Å². The summed E-state index contributed by atoms with van der Waals surface area (Å²) in [5.41, 5.74) is 0. The maximum Gasteiger partial charge on any atom is 0.331 e. The number of hydrogen-bond donors (Lipinski definition) is 0. The highest BCUT2D eigenvalue weighted by Gasteiger charge is 1.98. The van der Waals surface area contributed by atoms with E-state index in [0.29, 0.717) is 6.61 Å². The summed E-state index contributed by atoms with van der Waals surface area (Å²) in [4.78, 5) is 21.7. The average Bonchev–Trinajstić information content (AvgIpc) is 2.20. The van der Waals surface area contributed by atoms with E-state index in [0.717, 1.165) is 18.6 Å². The number of carbonyl (C=O) groups is 2. The topological polar surface area (TPSA) is 52.6 Å². The van der Waals surface area contributed by atoms with E-state index in [1.807, 2.05) is 6.92 Å². The second-order valence-electron chi connectivity index (χ2n) is 2.42. The van der Waals surface area contributed by atoms with Gasteiger partial charge in [-0.2, -0.15) is 0 Å². The Hall–Kier alpha value is -1.58. The van der Waals surface area contributed by atoms with E-state index < -0.39 is 11.9 Å². The Bertz CT molecular complexity index is 230. The second kappa shape index (κ2) is 8.04. The molecule has 0 unspecified atom stereocenters. The first-order chi connectivity index (χ1) is 6.70. The molecule has 0 aromatic rings. The molecule has 0 saturated carbocycles. The van der Waals surface area contributed by atoms with Gasteiger partial charge < -0.3 is 9.47 Å². The summed E-state index contributed by atoms with van der Waals surface area (Å²) in [7, 11) is 0. The van der Waals surface area contributed by atoms with E-state index in [2.05, 4.69) is 11.3 Å². The summed E-state index contributed by atoms with van der Waals surface area (Å²) in [6.45, 7) is 5.74. The van der Waals surface area contributed by atoms with Crippen LogP contribution in [0.5, 0.6) is 0 Å². The van der Waals surface area contributed by atoms with Gasteiger partial charge in [-0.25, -0.2) is 9.59 Å². The van der Waals surface area contributed by atoms with Gasteiger partial charge in [-0.15, -0.1) is 0 Å². The van der Waals surface area contributed by atoms with E-state index >= 15 is 0 Å². The number of rotatable bonds is 6. The molecule has 0 aromatic heterocycles. The lowest BCUT2D eigenvalue weighted by atomic mass is 10.5. The first-order valence-electron chi connectivity index (χ1n) is 4.33. The van der Waals surface area contributed by atoms with E-state index in [1.54, 1.807) is 0 Å². The first kappa shape index (κ1) is 12.4. The number of ether oxygens (including phenoxy) is 2. The molecule has 0 saturated heterocycles. The maximum absolute atomic E-state index is 10.8. The van der Waals surface area contributed by atoms with Crippen molar-refractivity contribution in [1.82, 2.24) is 0 Å². The molecule has 0 aliphatic heterocycles. The normalized spacial score (nSPS) is 9.79. The molecule has 0 aromatic carbocycles. The third-order valence-electron chi connectivity index (χ3n) is 1.15. The van der Waals surface area contributed by atoms with Crippen molar-refractivity contribution >= 4 is 11.9 Å². The Morgan fingerprint density at radius 3 is 2.29 bits per heavy atom. The van der Waals surface area contributed by atoms with Gasteiger partial charge in [-0.1, -0.05) is 19.6 Å². The monoisotopic (exact) mass is 198 g/mol. The molecule has 4 heteroatoms. The van der Waals surface area contributed by atoms with E-state index in [9.17, 15) is 9.59 Å². The third kappa shape index (κ3) is 7.09. The summed E-state index contributed by atoms with van der Waals surface area (Å²) >= 11 is 0. The van der Waals surface area contributed by atoms with Gasteiger partial charge in [0.1, 0.15) is 6.61 Å². The zero-order chi connectivity index (χ0) is 10.8. The minimum atomic E-state index is -0.585. The van der Waals surface area contributed by atoms with Crippen molar-refractivity contribution < 1.29 is 19.1 Å². The van der Waals surface area contributed by atoms with Crippen LogP contribution in [0.3, 0.4) is 0 Å². The van der Waals surface area contributed by atoms with Crippen molar-refractivity contribution in [3.05, 3.63) is 24.8 Å². The molecular formula is C10H14O4. The Morgan fingerprint density at radius 1 is 1.21 bits per heavy atom. The lowest BCUT2D eigenvalue weighted by Crippen LogP contribution is -2.04. The fraction of sp³-hybridized carbons (Fsp3) is 0.400. The Kier molecular flexibility index (Phi) is 7.13. The molecule has 0 bridgehead atoms. The number of esters is 2. The Balaban J connectivity index is 3.73. The summed E-state index contributed by atoms with van der Waals surface area (Å²) in [5.74, 6) is -1.12. The summed E-state index contributed by atoms with van der Waals surface area (Å²) < 4.78 is 9.29. The van der Waals surface area contributed by atoms with Crippen LogP contribution in [0.2, 0.25) is 0 Å². The predicted octanol–water partition coefficient (Wildman–Crippen LogP) is 1.22. The van der Waals surface area contributed by atoms with Crippen molar-refractivity contribution in [3.8, 4) is 0 Å². The molecule has 0 spiro atoms. The molecule has 78 valence electrons. The van der Waals surface area contributed by atoms with Crippen LogP contribution in [0.1, 0.15) is 13.3 Å². The van der Waals surface area contributed by atoms with Crippen molar-refractivity contribution in [3.63, 3.8) is 0 Å². The molecule has 0 atom stereocenters. The van der Waals surface area contributed by atoms with Gasteiger partial charge in [0.2, 0.25) is 0 Å². The highest BCUT2D eigenvalue weighted by atomic mass is 16.5. The van der Waals surface area contributed by atoms with E-state index in [4.69, 9.17) is 4.74 Å². The van der Waals surface area contributed by atoms with Gasteiger partial charge in [-0.3, -0.25) is 0 Å². The maximum atomic E-state index is 10.8. The lowest BCUT2D eigenvalue weighted by molar-refractivity contribution is -0.139. The van der Waals surface area contributed by atoms with Crippen LogP contribution < -0.4 is 0 Å². The molecule has 0 amide bonds. The smallest absolute Gasteiger partial charge is 0.331 e. The standard InChI is InChI=1S/C10H14O4/c1-3-7-13-9(11)5-6-10(12)14-8-4-2/h3,5-6H,1,4,7-8H2,2H3/b6-5+. The van der Waals surface area contributed by atoms with Gasteiger partial charge in [0.15, 0.2) is 0 Å². The molecule has 4 nitrogen and oxygen atoms in total. The third-order valence-corrected chi connectivity index (χ3v) is 1.15. The molecule has 0 aliphatic rings. The highest BCUT2D eigenvalue weighted by Crippen LogP contribution is 1.87. The molecule has 14 heavy (non-hydrogen) atoms. The summed E-state index contributed by atoms with van der Waals surface area (Å²) in [6.07, 6.45) is 4.27. The average molecular weight is 198 g/mol. The van der Waals surface area contributed by atoms with Crippen molar-refractivity contribution in [2.75, 3.05) is 13.2 Å². The Morgan fingerprint density at radius 2 is 1.79 bits per heavy atom. The first-order valence-corrected chi connectivity index (χ1v) is 4.33.